The predicted octanol–water partition coefficient (Wildman–Crippen LogP) is 4.85. The molecule has 1 amide bonds. The third-order valence-corrected chi connectivity index (χ3v) is 3.87. The van der Waals surface area contributed by atoms with Gasteiger partial charge in [-0.05, 0) is 12.1 Å². The lowest BCUT2D eigenvalue weighted by atomic mass is 10.1. The first-order chi connectivity index (χ1) is 15.3. The number of alkyl halides is 6. The van der Waals surface area contributed by atoms with Crippen LogP contribution in [0, 0.1) is 0 Å². The highest BCUT2D eigenvalue weighted by atomic mass is 19.4. The molecule has 0 saturated carbocycles. The highest BCUT2D eigenvalue weighted by molar-refractivity contribution is 6.05. The number of carbonyl (C=O) groups excluding carboxylic acids is 1. The highest BCUT2D eigenvalue weighted by Gasteiger charge is 2.30. The molecular weight excluding hydrogens is 464 g/mol. The molecular formula is C20H19F6NO6. The summed E-state index contributed by atoms with van der Waals surface area (Å²) in [6.45, 7) is -3.40. The molecule has 0 saturated heterocycles. The third kappa shape index (κ3) is 7.84. The molecule has 182 valence electrons. The molecule has 0 bridgehead atoms. The van der Waals surface area contributed by atoms with Crippen molar-refractivity contribution >= 4 is 11.6 Å². The minimum Gasteiger partial charge on any atom is -0.493 e. The van der Waals surface area contributed by atoms with E-state index in [-0.39, 0.29) is 28.5 Å². The van der Waals surface area contributed by atoms with Crippen molar-refractivity contribution in [3.05, 3.63) is 35.9 Å². The van der Waals surface area contributed by atoms with Crippen LogP contribution in [0.15, 0.2) is 30.3 Å². The molecule has 0 atom stereocenters. The average Bonchev–Trinajstić information content (AvgIpc) is 2.74. The molecule has 2 aromatic rings. The Labute approximate surface area is 184 Å². The van der Waals surface area contributed by atoms with Crippen molar-refractivity contribution in [1.82, 2.24) is 0 Å². The zero-order valence-electron chi connectivity index (χ0n) is 17.5. The van der Waals surface area contributed by atoms with E-state index in [1.165, 1.54) is 33.5 Å². The second-order valence-corrected chi connectivity index (χ2v) is 6.37. The Hall–Kier alpha value is -3.51. The van der Waals surface area contributed by atoms with Gasteiger partial charge in [-0.15, -0.1) is 0 Å². The summed E-state index contributed by atoms with van der Waals surface area (Å²) in [4.78, 5) is 12.7. The second kappa shape index (κ2) is 10.4. The van der Waals surface area contributed by atoms with Crippen LogP contribution in [0.3, 0.4) is 0 Å². The monoisotopic (exact) mass is 483 g/mol. The third-order valence-electron chi connectivity index (χ3n) is 3.87. The molecule has 0 aliphatic carbocycles. The average molecular weight is 483 g/mol. The molecule has 0 aromatic heterocycles. The number of amides is 1. The van der Waals surface area contributed by atoms with Crippen molar-refractivity contribution in [2.45, 2.75) is 12.4 Å². The number of carbonyl (C=O) groups is 1. The molecule has 0 radical (unpaired) electrons. The van der Waals surface area contributed by atoms with E-state index in [4.69, 9.17) is 14.2 Å². The van der Waals surface area contributed by atoms with Crippen LogP contribution in [0.25, 0.3) is 0 Å². The van der Waals surface area contributed by atoms with Gasteiger partial charge in [-0.3, -0.25) is 4.79 Å². The van der Waals surface area contributed by atoms with Gasteiger partial charge in [-0.2, -0.15) is 26.3 Å². The lowest BCUT2D eigenvalue weighted by Crippen LogP contribution is -2.20. The smallest absolute Gasteiger partial charge is 0.422 e. The van der Waals surface area contributed by atoms with E-state index in [2.05, 4.69) is 14.8 Å². The Morgan fingerprint density at radius 1 is 0.758 bits per heavy atom. The summed E-state index contributed by atoms with van der Waals surface area (Å²) in [5, 5.41) is 2.36. The van der Waals surface area contributed by atoms with Gasteiger partial charge in [0.05, 0.1) is 21.3 Å². The zero-order valence-corrected chi connectivity index (χ0v) is 17.5. The summed E-state index contributed by atoms with van der Waals surface area (Å²) < 4.78 is 99.5. The minimum atomic E-state index is -4.69. The summed E-state index contributed by atoms with van der Waals surface area (Å²) in [5.74, 6) is -1.19. The van der Waals surface area contributed by atoms with Gasteiger partial charge in [0.25, 0.3) is 5.91 Å². The normalized spacial score (nSPS) is 11.5. The molecule has 33 heavy (non-hydrogen) atoms. The van der Waals surface area contributed by atoms with E-state index < -0.39 is 43.0 Å². The van der Waals surface area contributed by atoms with Crippen molar-refractivity contribution in [1.29, 1.82) is 0 Å². The standard InChI is InChI=1S/C20H19F6NO6/c1-29-15-4-11(5-16(30-2)17(15)31-3)18(28)27-12-6-13(32-9-19(21,22)23)8-14(7-12)33-10-20(24,25)26/h4-8H,9-10H2,1-3H3,(H,27,28). The number of rotatable bonds is 9. The fourth-order valence-electron chi connectivity index (χ4n) is 2.56. The zero-order chi connectivity index (χ0) is 24.8. The van der Waals surface area contributed by atoms with Gasteiger partial charge in [0.1, 0.15) is 11.5 Å². The molecule has 2 aromatic carbocycles. The maximum atomic E-state index is 12.7. The van der Waals surface area contributed by atoms with Crippen LogP contribution in [0.5, 0.6) is 28.7 Å². The largest absolute Gasteiger partial charge is 0.493 e. The minimum absolute atomic E-state index is 0.00359. The Balaban J connectivity index is 2.34. The van der Waals surface area contributed by atoms with E-state index in [0.717, 1.165) is 18.2 Å². The van der Waals surface area contributed by atoms with Crippen LogP contribution in [0.2, 0.25) is 0 Å². The molecule has 0 aliphatic rings. The molecule has 1 N–H and O–H groups in total. The van der Waals surface area contributed by atoms with E-state index in [9.17, 15) is 31.1 Å². The SMILES string of the molecule is COc1cc(C(=O)Nc2cc(OCC(F)(F)F)cc(OCC(F)(F)F)c2)cc(OC)c1OC. The molecule has 2 rings (SSSR count). The first-order valence-corrected chi connectivity index (χ1v) is 9.00. The molecule has 13 heteroatoms. The fraction of sp³-hybridized carbons (Fsp3) is 0.350. The van der Waals surface area contributed by atoms with Crippen molar-refractivity contribution in [3.8, 4) is 28.7 Å². The van der Waals surface area contributed by atoms with Gasteiger partial charge < -0.3 is 29.0 Å². The summed E-state index contributed by atoms with van der Waals surface area (Å²) in [7, 11) is 4.00. The lowest BCUT2D eigenvalue weighted by molar-refractivity contribution is -0.153. The van der Waals surface area contributed by atoms with Gasteiger partial charge in [-0.1, -0.05) is 0 Å². The molecule has 0 unspecified atom stereocenters. The van der Waals surface area contributed by atoms with Crippen molar-refractivity contribution < 1.29 is 54.8 Å². The number of ether oxygens (including phenoxy) is 5. The highest BCUT2D eigenvalue weighted by Crippen LogP contribution is 2.38. The number of hydrogen-bond acceptors (Lipinski definition) is 6. The summed E-state index contributed by atoms with van der Waals surface area (Å²) in [5.41, 5.74) is -0.172. The first-order valence-electron chi connectivity index (χ1n) is 9.00. The van der Waals surface area contributed by atoms with E-state index in [1.54, 1.807) is 0 Å². The summed E-state index contributed by atoms with van der Waals surface area (Å²) in [6.07, 6.45) is -9.38. The van der Waals surface area contributed by atoms with Crippen LogP contribution in [-0.4, -0.2) is 52.8 Å². The van der Waals surface area contributed by atoms with E-state index >= 15 is 0 Å². The maximum absolute atomic E-state index is 12.7. The Bertz CT molecular complexity index is 915. The van der Waals surface area contributed by atoms with Crippen LogP contribution >= 0.6 is 0 Å². The van der Waals surface area contributed by atoms with Crippen molar-refractivity contribution in [2.75, 3.05) is 39.9 Å². The number of halogens is 6. The Kier molecular flexibility index (Phi) is 8.12. The predicted molar refractivity (Wildman–Crippen MR) is 104 cm³/mol. The summed E-state index contributed by atoms with van der Waals surface area (Å²) in [6, 6.07) is 5.46. The number of anilines is 1. The quantitative estimate of drug-likeness (QED) is 0.515. The molecule has 0 heterocycles. The summed E-state index contributed by atoms with van der Waals surface area (Å²) >= 11 is 0. The van der Waals surface area contributed by atoms with Crippen LogP contribution < -0.4 is 29.0 Å². The lowest BCUT2D eigenvalue weighted by Gasteiger charge is -2.16. The number of nitrogens with one attached hydrogen (secondary N) is 1. The first kappa shape index (κ1) is 25.7. The Morgan fingerprint density at radius 2 is 1.21 bits per heavy atom. The van der Waals surface area contributed by atoms with Gasteiger partial charge >= 0.3 is 12.4 Å². The molecule has 0 spiro atoms. The van der Waals surface area contributed by atoms with E-state index in [1.807, 2.05) is 0 Å². The van der Waals surface area contributed by atoms with Gasteiger partial charge in [-0.25, -0.2) is 0 Å². The van der Waals surface area contributed by atoms with Crippen LogP contribution in [0.4, 0.5) is 32.0 Å². The van der Waals surface area contributed by atoms with Gasteiger partial charge in [0.15, 0.2) is 24.7 Å². The second-order valence-electron chi connectivity index (χ2n) is 6.37. The molecule has 0 aliphatic heterocycles. The number of methoxy groups -OCH3 is 3. The van der Waals surface area contributed by atoms with Crippen LogP contribution in [-0.2, 0) is 0 Å². The maximum Gasteiger partial charge on any atom is 0.422 e. The number of hydrogen-bond donors (Lipinski definition) is 1. The number of benzene rings is 2. The topological polar surface area (TPSA) is 75.3 Å². The Morgan fingerprint density at radius 3 is 1.58 bits per heavy atom. The van der Waals surface area contributed by atoms with Gasteiger partial charge in [0, 0.05) is 29.4 Å². The van der Waals surface area contributed by atoms with E-state index in [0.29, 0.717) is 0 Å². The van der Waals surface area contributed by atoms with Gasteiger partial charge in [0.2, 0.25) is 5.75 Å². The molecule has 7 nitrogen and oxygen atoms in total. The molecule has 0 fully saturated rings. The van der Waals surface area contributed by atoms with Crippen molar-refractivity contribution in [2.24, 2.45) is 0 Å². The van der Waals surface area contributed by atoms with Crippen molar-refractivity contribution in [3.63, 3.8) is 0 Å². The van der Waals surface area contributed by atoms with Crippen LogP contribution in [0.1, 0.15) is 10.4 Å². The fourth-order valence-corrected chi connectivity index (χ4v) is 2.56.